The van der Waals surface area contributed by atoms with E-state index in [1.807, 2.05) is 43.3 Å². The van der Waals surface area contributed by atoms with Crippen molar-refractivity contribution >= 4 is 5.91 Å². The molecule has 104 valence electrons. The normalized spacial score (nSPS) is 11.2. The molecule has 0 radical (unpaired) electrons. The highest BCUT2D eigenvalue weighted by atomic mass is 16.2. The van der Waals surface area contributed by atoms with Gasteiger partial charge in [-0.3, -0.25) is 4.79 Å². The molecule has 1 amide bonds. The monoisotopic (exact) mass is 270 g/mol. The fraction of sp³-hybridized carbons (Fsp3) is 0.400. The van der Waals surface area contributed by atoms with E-state index in [2.05, 4.69) is 0 Å². The second kappa shape index (κ2) is 7.93. The van der Waals surface area contributed by atoms with Crippen molar-refractivity contribution in [2.24, 2.45) is 5.73 Å². The second-order valence-corrected chi connectivity index (χ2v) is 4.53. The van der Waals surface area contributed by atoms with Gasteiger partial charge in [-0.1, -0.05) is 29.8 Å². The zero-order valence-corrected chi connectivity index (χ0v) is 11.5. The predicted octanol–water partition coefficient (Wildman–Crippen LogP) is 1.65. The van der Waals surface area contributed by atoms with Gasteiger partial charge in [-0.25, -0.2) is 0 Å². The Balaban J connectivity index is 2.79. The van der Waals surface area contributed by atoms with E-state index in [4.69, 9.17) is 16.3 Å². The molecule has 1 aromatic rings. The molecule has 0 aliphatic rings. The first-order valence-electron chi connectivity index (χ1n) is 6.45. The molecular weight excluding hydrogens is 252 g/mol. The van der Waals surface area contributed by atoms with Crippen LogP contribution in [0.3, 0.4) is 0 Å². The predicted molar refractivity (Wildman–Crippen MR) is 75.1 cm³/mol. The van der Waals surface area contributed by atoms with Crippen molar-refractivity contribution in [2.45, 2.75) is 25.8 Å². The summed E-state index contributed by atoms with van der Waals surface area (Å²) in [6, 6.07) is 10.7. The summed E-state index contributed by atoms with van der Waals surface area (Å²) in [7, 11) is 0. The Hall–Kier alpha value is -2.37. The number of nitriles is 2. The number of nitrogens with two attached hydrogens (primary N) is 1. The molecule has 1 atom stereocenters. The molecule has 0 saturated heterocycles. The number of carbonyl (C=O) groups is 1. The zero-order chi connectivity index (χ0) is 15.0. The number of hydrogen-bond acceptors (Lipinski definition) is 4. The molecule has 1 aromatic carbocycles. The summed E-state index contributed by atoms with van der Waals surface area (Å²) < 4.78 is 0. The molecule has 0 bridgehead atoms. The third kappa shape index (κ3) is 4.38. The van der Waals surface area contributed by atoms with E-state index in [-0.39, 0.29) is 18.7 Å². The minimum atomic E-state index is -0.756. The van der Waals surface area contributed by atoms with Crippen LogP contribution in [0.15, 0.2) is 24.3 Å². The van der Waals surface area contributed by atoms with Crippen LogP contribution in [0.4, 0.5) is 0 Å². The van der Waals surface area contributed by atoms with Gasteiger partial charge in [0.1, 0.15) is 6.04 Å². The number of rotatable bonds is 6. The first kappa shape index (κ1) is 15.7. The Morgan fingerprint density at radius 2 is 1.70 bits per heavy atom. The summed E-state index contributed by atoms with van der Waals surface area (Å²) in [5.74, 6) is -0.251. The van der Waals surface area contributed by atoms with Gasteiger partial charge in [0, 0.05) is 13.1 Å². The Morgan fingerprint density at radius 1 is 1.20 bits per heavy atom. The average molecular weight is 270 g/mol. The maximum absolute atomic E-state index is 12.3. The first-order chi connectivity index (χ1) is 9.60. The lowest BCUT2D eigenvalue weighted by Gasteiger charge is -2.24. The van der Waals surface area contributed by atoms with E-state index >= 15 is 0 Å². The highest BCUT2D eigenvalue weighted by Crippen LogP contribution is 2.14. The Labute approximate surface area is 119 Å². The van der Waals surface area contributed by atoms with E-state index in [9.17, 15) is 4.79 Å². The number of amides is 1. The summed E-state index contributed by atoms with van der Waals surface area (Å²) in [5, 5.41) is 17.2. The largest absolute Gasteiger partial charge is 0.339 e. The van der Waals surface area contributed by atoms with Gasteiger partial charge in [0.25, 0.3) is 0 Å². The van der Waals surface area contributed by atoms with Crippen LogP contribution in [-0.4, -0.2) is 23.9 Å². The summed E-state index contributed by atoms with van der Waals surface area (Å²) >= 11 is 0. The van der Waals surface area contributed by atoms with Crippen molar-refractivity contribution in [3.8, 4) is 12.1 Å². The summed E-state index contributed by atoms with van der Waals surface area (Å²) in [6.07, 6.45) is 0.468. The van der Waals surface area contributed by atoms with Crippen molar-refractivity contribution in [1.82, 2.24) is 4.90 Å². The SMILES string of the molecule is Cc1ccc(C(N)C(=O)N(CCC#N)CCC#N)cc1. The van der Waals surface area contributed by atoms with Crippen molar-refractivity contribution in [3.63, 3.8) is 0 Å². The lowest BCUT2D eigenvalue weighted by Crippen LogP contribution is -2.39. The standard InChI is InChI=1S/C15H18N4O/c1-12-4-6-13(7-5-12)14(18)15(20)19(10-2-8-16)11-3-9-17/h4-7,14H,2-3,10-11,18H2,1H3. The molecule has 0 aliphatic carbocycles. The van der Waals surface area contributed by atoms with Crippen molar-refractivity contribution in [2.75, 3.05) is 13.1 Å². The molecule has 0 heterocycles. The Kier molecular flexibility index (Phi) is 6.22. The molecule has 5 nitrogen and oxygen atoms in total. The molecule has 0 saturated carbocycles. The van der Waals surface area contributed by atoms with E-state index in [1.54, 1.807) is 0 Å². The third-order valence-electron chi connectivity index (χ3n) is 3.00. The van der Waals surface area contributed by atoms with Gasteiger partial charge in [0.05, 0.1) is 25.0 Å². The topological polar surface area (TPSA) is 93.9 Å². The van der Waals surface area contributed by atoms with E-state index in [1.165, 1.54) is 4.90 Å². The molecular formula is C15H18N4O. The average Bonchev–Trinajstić information content (AvgIpc) is 2.47. The minimum absolute atomic E-state index is 0.234. The van der Waals surface area contributed by atoms with Crippen molar-refractivity contribution < 1.29 is 4.79 Å². The van der Waals surface area contributed by atoms with E-state index in [0.29, 0.717) is 13.1 Å². The van der Waals surface area contributed by atoms with Crippen LogP contribution in [0.1, 0.15) is 30.0 Å². The summed E-state index contributed by atoms with van der Waals surface area (Å²) in [4.78, 5) is 13.8. The fourth-order valence-electron chi connectivity index (χ4n) is 1.82. The molecule has 0 fully saturated rings. The minimum Gasteiger partial charge on any atom is -0.339 e. The van der Waals surface area contributed by atoms with Crippen LogP contribution in [0.2, 0.25) is 0 Å². The molecule has 0 aliphatic heterocycles. The maximum Gasteiger partial charge on any atom is 0.244 e. The van der Waals surface area contributed by atoms with Crippen LogP contribution >= 0.6 is 0 Å². The Morgan fingerprint density at radius 3 is 2.15 bits per heavy atom. The van der Waals surface area contributed by atoms with Gasteiger partial charge in [0.2, 0.25) is 5.91 Å². The molecule has 2 N–H and O–H groups in total. The van der Waals surface area contributed by atoms with Gasteiger partial charge >= 0.3 is 0 Å². The van der Waals surface area contributed by atoms with Gasteiger partial charge < -0.3 is 10.6 Å². The number of aryl methyl sites for hydroxylation is 1. The lowest BCUT2D eigenvalue weighted by atomic mass is 10.0. The molecule has 20 heavy (non-hydrogen) atoms. The zero-order valence-electron chi connectivity index (χ0n) is 11.5. The van der Waals surface area contributed by atoms with Gasteiger partial charge in [-0.05, 0) is 12.5 Å². The van der Waals surface area contributed by atoms with E-state index < -0.39 is 6.04 Å². The van der Waals surface area contributed by atoms with Gasteiger partial charge in [-0.15, -0.1) is 0 Å². The van der Waals surface area contributed by atoms with Crippen LogP contribution in [-0.2, 0) is 4.79 Å². The number of carbonyl (C=O) groups excluding carboxylic acids is 1. The quantitative estimate of drug-likeness (QED) is 0.850. The Bertz CT molecular complexity index is 506. The van der Waals surface area contributed by atoms with Gasteiger partial charge in [0.15, 0.2) is 0 Å². The van der Waals surface area contributed by atoms with Crippen LogP contribution in [0.5, 0.6) is 0 Å². The van der Waals surface area contributed by atoms with Crippen molar-refractivity contribution in [1.29, 1.82) is 10.5 Å². The van der Waals surface area contributed by atoms with Gasteiger partial charge in [-0.2, -0.15) is 10.5 Å². The van der Waals surface area contributed by atoms with Crippen LogP contribution in [0.25, 0.3) is 0 Å². The van der Waals surface area contributed by atoms with Crippen LogP contribution in [0, 0.1) is 29.6 Å². The lowest BCUT2D eigenvalue weighted by molar-refractivity contribution is -0.132. The fourth-order valence-corrected chi connectivity index (χ4v) is 1.82. The second-order valence-electron chi connectivity index (χ2n) is 4.53. The number of hydrogen-bond donors (Lipinski definition) is 1. The number of nitrogens with zero attached hydrogens (tertiary/aromatic N) is 3. The number of benzene rings is 1. The molecule has 5 heteroatoms. The summed E-state index contributed by atoms with van der Waals surface area (Å²) in [6.45, 7) is 2.57. The highest BCUT2D eigenvalue weighted by Gasteiger charge is 2.21. The van der Waals surface area contributed by atoms with Crippen molar-refractivity contribution in [3.05, 3.63) is 35.4 Å². The maximum atomic E-state index is 12.3. The van der Waals surface area contributed by atoms with Crippen LogP contribution < -0.4 is 5.73 Å². The third-order valence-corrected chi connectivity index (χ3v) is 3.00. The smallest absolute Gasteiger partial charge is 0.244 e. The molecule has 0 spiro atoms. The first-order valence-corrected chi connectivity index (χ1v) is 6.45. The molecule has 0 aromatic heterocycles. The van der Waals surface area contributed by atoms with E-state index in [0.717, 1.165) is 11.1 Å². The molecule has 1 rings (SSSR count). The molecule has 1 unspecified atom stereocenters. The highest BCUT2D eigenvalue weighted by molar-refractivity contribution is 5.83. The summed E-state index contributed by atoms with van der Waals surface area (Å²) in [5.41, 5.74) is 7.81.